The topological polar surface area (TPSA) is 83.9 Å². The first kappa shape index (κ1) is 24.1. The Balaban J connectivity index is 1.53. The van der Waals surface area contributed by atoms with Crippen LogP contribution in [0.4, 0.5) is 11.4 Å². The molecule has 0 amide bonds. The van der Waals surface area contributed by atoms with Crippen LogP contribution in [0.2, 0.25) is 0 Å². The molecule has 32 heavy (non-hydrogen) atoms. The van der Waals surface area contributed by atoms with Crippen LogP contribution in [-0.2, 0) is 18.9 Å². The van der Waals surface area contributed by atoms with Crippen LogP contribution < -0.4 is 9.80 Å². The van der Waals surface area contributed by atoms with Crippen LogP contribution in [0.25, 0.3) is 0 Å². The molecular formula is C24H34N2O6. The summed E-state index contributed by atoms with van der Waals surface area (Å²) in [6.45, 7) is 6.59. The van der Waals surface area contributed by atoms with Crippen molar-refractivity contribution in [3.63, 3.8) is 0 Å². The third kappa shape index (κ3) is 7.87. The van der Waals surface area contributed by atoms with Gasteiger partial charge >= 0.3 is 0 Å². The van der Waals surface area contributed by atoms with Crippen molar-refractivity contribution in [3.05, 3.63) is 48.5 Å². The summed E-state index contributed by atoms with van der Waals surface area (Å²) in [6.07, 6.45) is 0. The molecule has 0 unspecified atom stereocenters. The lowest BCUT2D eigenvalue weighted by atomic mass is 10.2. The molecule has 8 heteroatoms. The average molecular weight is 447 g/mol. The van der Waals surface area contributed by atoms with Gasteiger partial charge in [0.15, 0.2) is 0 Å². The van der Waals surface area contributed by atoms with E-state index in [0.717, 1.165) is 11.4 Å². The smallest absolute Gasteiger partial charge is 0.138 e. The van der Waals surface area contributed by atoms with Crippen LogP contribution in [0.1, 0.15) is 0 Å². The molecule has 1 fully saturated rings. The molecule has 176 valence electrons. The second-order valence-corrected chi connectivity index (χ2v) is 7.40. The lowest BCUT2D eigenvalue weighted by molar-refractivity contribution is 0.0435. The van der Waals surface area contributed by atoms with E-state index in [1.165, 1.54) is 0 Å². The predicted octanol–water partition coefficient (Wildman–Crippen LogP) is 2.49. The lowest BCUT2D eigenvalue weighted by Crippen LogP contribution is -2.33. The normalized spacial score (nSPS) is 18.6. The average Bonchev–Trinajstić information content (AvgIpc) is 2.80. The van der Waals surface area contributed by atoms with Gasteiger partial charge in [0.05, 0.1) is 64.2 Å². The van der Waals surface area contributed by atoms with E-state index in [2.05, 4.69) is 9.80 Å². The number of phenolic OH excluding ortho intramolecular Hbond substituents is 2. The first-order valence-electron chi connectivity index (χ1n) is 11.1. The van der Waals surface area contributed by atoms with Crippen LogP contribution >= 0.6 is 0 Å². The molecule has 2 aromatic rings. The highest BCUT2D eigenvalue weighted by Gasteiger charge is 2.12. The van der Waals surface area contributed by atoms with Crippen molar-refractivity contribution in [2.24, 2.45) is 0 Å². The number of hydrogen-bond donors (Lipinski definition) is 2. The number of ether oxygens (including phenoxy) is 4. The second-order valence-electron chi connectivity index (χ2n) is 7.40. The highest BCUT2D eigenvalue weighted by Crippen LogP contribution is 2.27. The Morgan fingerprint density at radius 1 is 0.469 bits per heavy atom. The van der Waals surface area contributed by atoms with Crippen LogP contribution in [0.3, 0.4) is 0 Å². The van der Waals surface area contributed by atoms with E-state index < -0.39 is 0 Å². The van der Waals surface area contributed by atoms with E-state index in [9.17, 15) is 10.2 Å². The third-order valence-corrected chi connectivity index (χ3v) is 5.21. The summed E-state index contributed by atoms with van der Waals surface area (Å²) in [5.41, 5.74) is 1.54. The molecular weight excluding hydrogens is 412 g/mol. The second kappa shape index (κ2) is 13.8. The molecule has 0 saturated carbocycles. The Morgan fingerprint density at radius 2 is 0.781 bits per heavy atom. The van der Waals surface area contributed by atoms with E-state index in [1.54, 1.807) is 12.1 Å². The summed E-state index contributed by atoms with van der Waals surface area (Å²) >= 11 is 0. The van der Waals surface area contributed by atoms with Gasteiger partial charge in [-0.2, -0.15) is 0 Å². The molecule has 1 aliphatic heterocycles. The van der Waals surface area contributed by atoms with Crippen LogP contribution in [0.5, 0.6) is 11.5 Å². The zero-order valence-corrected chi connectivity index (χ0v) is 18.5. The number of nitrogens with zero attached hydrogens (tertiary/aromatic N) is 2. The highest BCUT2D eigenvalue weighted by atomic mass is 16.5. The van der Waals surface area contributed by atoms with Gasteiger partial charge in [0.2, 0.25) is 0 Å². The van der Waals surface area contributed by atoms with Gasteiger partial charge in [0.25, 0.3) is 0 Å². The minimum atomic E-state index is 0.246. The molecule has 1 saturated heterocycles. The summed E-state index contributed by atoms with van der Waals surface area (Å²) < 4.78 is 23.0. The Bertz CT molecular complexity index is 705. The van der Waals surface area contributed by atoms with Gasteiger partial charge in [-0.1, -0.05) is 24.3 Å². The van der Waals surface area contributed by atoms with Gasteiger partial charge in [-0.25, -0.2) is 0 Å². The Kier molecular flexibility index (Phi) is 10.4. The molecule has 0 atom stereocenters. The van der Waals surface area contributed by atoms with Crippen molar-refractivity contribution in [2.75, 3.05) is 88.8 Å². The largest absolute Gasteiger partial charge is 0.506 e. The first-order chi connectivity index (χ1) is 15.8. The molecule has 1 aliphatic rings. The Hall–Kier alpha value is -2.52. The van der Waals surface area contributed by atoms with E-state index in [-0.39, 0.29) is 11.5 Å². The van der Waals surface area contributed by atoms with Gasteiger partial charge in [-0.05, 0) is 24.3 Å². The quantitative estimate of drug-likeness (QED) is 0.728. The van der Waals surface area contributed by atoms with Crippen LogP contribution in [0, 0.1) is 0 Å². The summed E-state index contributed by atoms with van der Waals surface area (Å²) in [4.78, 5) is 4.12. The maximum absolute atomic E-state index is 10.2. The Morgan fingerprint density at radius 3 is 1.09 bits per heavy atom. The van der Waals surface area contributed by atoms with Crippen molar-refractivity contribution in [1.82, 2.24) is 0 Å². The number of anilines is 2. The van der Waals surface area contributed by atoms with Gasteiger partial charge in [0, 0.05) is 26.2 Å². The lowest BCUT2D eigenvalue weighted by Gasteiger charge is -2.26. The zero-order valence-electron chi connectivity index (χ0n) is 18.5. The molecule has 2 aromatic carbocycles. The maximum atomic E-state index is 10.2. The van der Waals surface area contributed by atoms with Crippen molar-refractivity contribution in [3.8, 4) is 11.5 Å². The van der Waals surface area contributed by atoms with Crippen molar-refractivity contribution in [1.29, 1.82) is 0 Å². The molecule has 3 rings (SSSR count). The fourth-order valence-electron chi connectivity index (χ4n) is 3.51. The molecule has 0 spiro atoms. The SMILES string of the molecule is Oc1ccccc1N1CCOCCOCCN(c2ccccc2O)CCOCCOCC1. The molecule has 8 nitrogen and oxygen atoms in total. The van der Waals surface area contributed by atoms with Gasteiger partial charge < -0.3 is 39.0 Å². The summed E-state index contributed by atoms with van der Waals surface area (Å²) in [5, 5.41) is 20.4. The highest BCUT2D eigenvalue weighted by molar-refractivity contribution is 5.58. The number of para-hydroxylation sites is 4. The van der Waals surface area contributed by atoms with Crippen LogP contribution in [0.15, 0.2) is 48.5 Å². The fourth-order valence-corrected chi connectivity index (χ4v) is 3.51. The van der Waals surface area contributed by atoms with E-state index in [1.807, 2.05) is 36.4 Å². The molecule has 2 N–H and O–H groups in total. The van der Waals surface area contributed by atoms with E-state index >= 15 is 0 Å². The van der Waals surface area contributed by atoms with Gasteiger partial charge in [0.1, 0.15) is 11.5 Å². The standard InChI is InChI=1S/C24H34N2O6/c27-23-7-3-1-5-21(23)25-9-13-29-17-19-31-15-11-26(22-6-2-4-8-24(22)28)12-16-32-20-18-30-14-10-25/h1-8,27-28H,9-20H2. The van der Waals surface area contributed by atoms with E-state index in [4.69, 9.17) is 18.9 Å². The Labute approximate surface area is 189 Å². The minimum absolute atomic E-state index is 0.246. The molecule has 0 aromatic heterocycles. The molecule has 1 heterocycles. The van der Waals surface area contributed by atoms with E-state index in [0.29, 0.717) is 79.0 Å². The zero-order chi connectivity index (χ0) is 22.4. The van der Waals surface area contributed by atoms with Crippen molar-refractivity contribution in [2.45, 2.75) is 0 Å². The van der Waals surface area contributed by atoms with Gasteiger partial charge in [-0.15, -0.1) is 0 Å². The number of benzene rings is 2. The summed E-state index contributed by atoms with van der Waals surface area (Å²) in [7, 11) is 0. The predicted molar refractivity (Wildman–Crippen MR) is 124 cm³/mol. The van der Waals surface area contributed by atoms with Crippen molar-refractivity contribution < 1.29 is 29.2 Å². The molecule has 0 radical (unpaired) electrons. The number of aromatic hydroxyl groups is 2. The molecule has 0 aliphatic carbocycles. The minimum Gasteiger partial charge on any atom is -0.506 e. The summed E-state index contributed by atoms with van der Waals surface area (Å²) in [5.74, 6) is 0.491. The van der Waals surface area contributed by atoms with Crippen LogP contribution in [-0.4, -0.2) is 89.2 Å². The number of rotatable bonds is 2. The van der Waals surface area contributed by atoms with Crippen molar-refractivity contribution >= 4 is 11.4 Å². The first-order valence-corrected chi connectivity index (χ1v) is 11.1. The fraction of sp³-hybridized carbons (Fsp3) is 0.500. The number of hydrogen-bond acceptors (Lipinski definition) is 8. The third-order valence-electron chi connectivity index (χ3n) is 5.21. The molecule has 0 bridgehead atoms. The monoisotopic (exact) mass is 446 g/mol. The summed E-state index contributed by atoms with van der Waals surface area (Å²) in [6, 6.07) is 14.6. The number of phenols is 2. The maximum Gasteiger partial charge on any atom is 0.138 e. The van der Waals surface area contributed by atoms with Gasteiger partial charge in [-0.3, -0.25) is 0 Å².